The minimum absolute atomic E-state index is 0. The zero-order chi connectivity index (χ0) is 59.8. The van der Waals surface area contributed by atoms with Gasteiger partial charge in [-0.3, -0.25) is 30.3 Å². The molecule has 17 nitrogen and oxygen atoms in total. The number of aryl methyl sites for hydroxylation is 2. The Balaban J connectivity index is 0.000000207. The SMILES string of the molecule is C.CC(C)(C)c1ccc(S(=O)(=O)Cl)cc1.CCC(=O)CC#N.CCc1cc(N)n(-c2cccc3ncccc23)n1.CCc1cc(NS(=O)(=O)c2ccc(C(C)(C)C)cc2)n(-c2cccc3ncccc23)n1.NNc1cccc2ncccc12. The fourth-order valence-electron chi connectivity index (χ4n) is 8.11. The number of hydrogen-bond acceptors (Lipinski definition) is 14. The standard InChI is InChI=1S/C24H26N4O2S.C14H14N4.C10H13ClO2S.C9H9N3.C5H7NO.CH4/c1-5-18-16-23(27-31(29,30)19-13-11-17(12-14-19)24(2,3)4)28(26-18)22-10-6-9-21-20(22)8-7-15-25-21;1-2-10-9-14(15)18(17-10)13-7-3-6-12-11(13)5-4-8-16-12;1-10(2,3)8-4-6-9(7-5-8)14(11,12)13;10-12-9-5-1-4-8-7(9)3-2-6-11-8;1-2-5(7)3-4-6;/h6-16,27H,5H2,1-4H3;3-9H,2,15H2,1H3;4-7H,1-3H3;1-6,12H,10H2;2-3H2,1H3;1H4. The summed E-state index contributed by atoms with van der Waals surface area (Å²) >= 11 is 0. The second-order valence-electron chi connectivity index (χ2n) is 20.6. The summed E-state index contributed by atoms with van der Waals surface area (Å²) in [6, 6.07) is 48.2. The van der Waals surface area contributed by atoms with Gasteiger partial charge >= 0.3 is 0 Å². The average molecular weight is 1180 g/mol. The summed E-state index contributed by atoms with van der Waals surface area (Å²) in [5, 5.41) is 20.0. The molecular formula is C63H73ClN12O5S2. The monoisotopic (exact) mass is 1180 g/mol. The average Bonchev–Trinajstić information content (AvgIpc) is 4.27. The van der Waals surface area contributed by atoms with Gasteiger partial charge in [-0.25, -0.2) is 26.2 Å². The van der Waals surface area contributed by atoms with Crippen LogP contribution in [0.5, 0.6) is 0 Å². The number of nitriles is 1. The summed E-state index contributed by atoms with van der Waals surface area (Å²) < 4.78 is 54.4. The minimum Gasteiger partial charge on any atom is -0.384 e. The predicted octanol–water partition coefficient (Wildman–Crippen LogP) is 13.6. The summed E-state index contributed by atoms with van der Waals surface area (Å²) in [4.78, 5) is 23.5. The fourth-order valence-corrected chi connectivity index (χ4v) is 9.91. The van der Waals surface area contributed by atoms with Crippen molar-refractivity contribution in [1.29, 1.82) is 5.26 Å². The maximum Gasteiger partial charge on any atom is 0.263 e. The largest absolute Gasteiger partial charge is 0.384 e. The first-order valence-corrected chi connectivity index (χ1v) is 30.2. The number of halogens is 1. The van der Waals surface area contributed by atoms with Gasteiger partial charge < -0.3 is 11.2 Å². The second kappa shape index (κ2) is 28.9. The molecule has 5 heterocycles. The first-order valence-electron chi connectivity index (χ1n) is 26.4. The molecule has 5 aromatic heterocycles. The molecule has 0 saturated heterocycles. The van der Waals surface area contributed by atoms with Gasteiger partial charge in [-0.05, 0) is 132 Å². The predicted molar refractivity (Wildman–Crippen MR) is 337 cm³/mol. The third-order valence-electron chi connectivity index (χ3n) is 12.7. The number of hydrogen-bond donors (Lipinski definition) is 4. The number of hydrazine groups is 1. The first kappa shape index (κ1) is 65.3. The molecule has 83 heavy (non-hydrogen) atoms. The van der Waals surface area contributed by atoms with Crippen molar-refractivity contribution in [2.24, 2.45) is 5.84 Å². The summed E-state index contributed by atoms with van der Waals surface area (Å²) in [5.74, 6) is 6.41. The lowest BCUT2D eigenvalue weighted by atomic mass is 9.87. The van der Waals surface area contributed by atoms with Gasteiger partial charge in [0.15, 0.2) is 0 Å². The van der Waals surface area contributed by atoms with E-state index in [1.807, 2.05) is 116 Å². The Labute approximate surface area is 492 Å². The molecule has 0 fully saturated rings. The molecule has 434 valence electrons. The van der Waals surface area contributed by atoms with E-state index in [0.29, 0.717) is 24.5 Å². The number of fused-ring (bicyclic) bond motifs is 3. The number of rotatable bonds is 11. The van der Waals surface area contributed by atoms with Gasteiger partial charge in [0.05, 0.1) is 67.3 Å². The van der Waals surface area contributed by atoms with Gasteiger partial charge in [-0.15, -0.1) is 0 Å². The number of ketones is 1. The molecule has 0 aliphatic heterocycles. The van der Waals surface area contributed by atoms with E-state index in [1.165, 1.54) is 12.1 Å². The van der Waals surface area contributed by atoms with Crippen LogP contribution in [-0.4, -0.2) is 57.1 Å². The molecule has 0 unspecified atom stereocenters. The number of benzene rings is 5. The molecule has 0 radical (unpaired) electrons. The smallest absolute Gasteiger partial charge is 0.263 e. The van der Waals surface area contributed by atoms with Crippen LogP contribution in [0.4, 0.5) is 17.3 Å². The lowest BCUT2D eigenvalue weighted by molar-refractivity contribution is -0.117. The van der Waals surface area contributed by atoms with Crippen LogP contribution in [0.25, 0.3) is 44.1 Å². The van der Waals surface area contributed by atoms with Crippen molar-refractivity contribution in [2.75, 3.05) is 15.9 Å². The highest BCUT2D eigenvalue weighted by molar-refractivity contribution is 8.13. The van der Waals surface area contributed by atoms with Crippen molar-refractivity contribution in [2.45, 2.75) is 116 Å². The topological polar surface area (TPSA) is 260 Å². The van der Waals surface area contributed by atoms with Crippen molar-refractivity contribution in [1.82, 2.24) is 34.5 Å². The molecule has 0 amide bonds. The second-order valence-corrected chi connectivity index (χ2v) is 24.9. The molecule has 0 aliphatic carbocycles. The summed E-state index contributed by atoms with van der Waals surface area (Å²) in [6.45, 7) is 18.3. The third-order valence-corrected chi connectivity index (χ3v) is 15.5. The van der Waals surface area contributed by atoms with Crippen molar-refractivity contribution >= 4 is 85.6 Å². The lowest BCUT2D eigenvalue weighted by Gasteiger charge is -2.19. The maximum absolute atomic E-state index is 13.1. The van der Waals surface area contributed by atoms with Gasteiger partial charge in [0.25, 0.3) is 19.1 Å². The van der Waals surface area contributed by atoms with E-state index in [4.69, 9.17) is 27.5 Å². The van der Waals surface area contributed by atoms with Crippen LogP contribution >= 0.6 is 10.7 Å². The van der Waals surface area contributed by atoms with Gasteiger partial charge in [-0.1, -0.05) is 112 Å². The Morgan fingerprint density at radius 2 is 1.04 bits per heavy atom. The van der Waals surface area contributed by atoms with Crippen LogP contribution in [0, 0.1) is 11.3 Å². The maximum atomic E-state index is 13.1. The molecule has 10 aromatic rings. The van der Waals surface area contributed by atoms with Crippen LogP contribution in [-0.2, 0) is 47.5 Å². The minimum atomic E-state index is -3.78. The Hall–Kier alpha value is -8.54. The molecular weight excluding hydrogens is 1100 g/mol. The van der Waals surface area contributed by atoms with Crippen molar-refractivity contribution in [3.63, 3.8) is 0 Å². The molecule has 20 heteroatoms. The van der Waals surface area contributed by atoms with Gasteiger partial charge in [-0.2, -0.15) is 15.5 Å². The highest BCUT2D eigenvalue weighted by Crippen LogP contribution is 2.29. The number of carbonyl (C=O) groups is 1. The quantitative estimate of drug-likeness (QED) is 0.0533. The van der Waals surface area contributed by atoms with Crippen LogP contribution in [0.2, 0.25) is 0 Å². The first-order chi connectivity index (χ1) is 38.9. The van der Waals surface area contributed by atoms with Crippen LogP contribution in [0.1, 0.15) is 105 Å². The van der Waals surface area contributed by atoms with Gasteiger partial charge in [0.1, 0.15) is 17.4 Å². The van der Waals surface area contributed by atoms with Crippen LogP contribution in [0.15, 0.2) is 180 Å². The Morgan fingerprint density at radius 3 is 1.46 bits per heavy atom. The van der Waals surface area contributed by atoms with E-state index in [9.17, 15) is 21.6 Å². The van der Waals surface area contributed by atoms with E-state index in [0.717, 1.165) is 78.7 Å². The summed E-state index contributed by atoms with van der Waals surface area (Å²) in [5.41, 5.74) is 17.9. The van der Waals surface area contributed by atoms with Crippen molar-refractivity contribution in [3.8, 4) is 17.4 Å². The van der Waals surface area contributed by atoms with Crippen LogP contribution in [0.3, 0.4) is 0 Å². The number of nitrogens with two attached hydrogens (primary N) is 2. The zero-order valence-corrected chi connectivity index (χ0v) is 49.9. The molecule has 0 bridgehead atoms. The molecule has 0 aliphatic rings. The number of anilines is 3. The number of sulfonamides is 1. The highest BCUT2D eigenvalue weighted by Gasteiger charge is 2.22. The molecule has 6 N–H and O–H groups in total. The number of Topliss-reactive ketones (excluding diaryl/α,β-unsaturated/α-hetero) is 1. The van der Waals surface area contributed by atoms with Crippen molar-refractivity contribution < 1.29 is 21.6 Å². The number of nitrogens with zero attached hydrogens (tertiary/aromatic N) is 8. The molecule has 5 aromatic carbocycles. The molecule has 10 rings (SSSR count). The lowest BCUT2D eigenvalue weighted by Crippen LogP contribution is -2.17. The fraction of sp³-hybridized carbons (Fsp3) is 0.254. The highest BCUT2D eigenvalue weighted by atomic mass is 35.7. The van der Waals surface area contributed by atoms with E-state index in [2.05, 4.69) is 83.8 Å². The third kappa shape index (κ3) is 17.5. The Kier molecular flexibility index (Phi) is 22.8. The van der Waals surface area contributed by atoms with E-state index >= 15 is 0 Å². The number of pyridine rings is 3. The summed E-state index contributed by atoms with van der Waals surface area (Å²) in [6.07, 6.45) is 7.39. The number of nitrogen functional groups attached to an aromatic ring is 2. The van der Waals surface area contributed by atoms with Crippen molar-refractivity contribution in [3.05, 3.63) is 193 Å². The number of nitrogens with one attached hydrogen (secondary N) is 2. The Morgan fingerprint density at radius 1 is 0.602 bits per heavy atom. The molecule has 0 spiro atoms. The van der Waals surface area contributed by atoms with Gasteiger partial charge in [0.2, 0.25) is 0 Å². The van der Waals surface area contributed by atoms with E-state index in [1.54, 1.807) is 71.3 Å². The molecule has 0 saturated carbocycles. The normalized spacial score (nSPS) is 11.2. The zero-order valence-electron chi connectivity index (χ0n) is 47.5. The van der Waals surface area contributed by atoms with E-state index in [-0.39, 0.29) is 40.3 Å². The van der Waals surface area contributed by atoms with E-state index < -0.39 is 19.1 Å². The summed E-state index contributed by atoms with van der Waals surface area (Å²) in [7, 11) is -2.18. The Bertz CT molecular complexity index is 4040. The van der Waals surface area contributed by atoms with Crippen LogP contribution < -0.4 is 21.7 Å². The van der Waals surface area contributed by atoms with Gasteiger partial charge in [0, 0.05) is 64.0 Å². The molecule has 0 atom stereocenters. The number of aromatic nitrogens is 7. The number of carbonyl (C=O) groups excluding carboxylic acids is 1.